The lowest BCUT2D eigenvalue weighted by Gasteiger charge is -2.08. The Morgan fingerprint density at radius 1 is 1.04 bits per heavy atom. The third-order valence-electron chi connectivity index (χ3n) is 3.35. The van der Waals surface area contributed by atoms with Gasteiger partial charge in [-0.25, -0.2) is 0 Å². The first kappa shape index (κ1) is 17.7. The van der Waals surface area contributed by atoms with Crippen LogP contribution in [0.15, 0.2) is 64.0 Å². The molecule has 3 rings (SSSR count). The number of carbonyl (C=O) groups excluding carboxylic acids is 1. The van der Waals surface area contributed by atoms with E-state index in [2.05, 4.69) is 26.3 Å². The van der Waals surface area contributed by atoms with Gasteiger partial charge in [0.15, 0.2) is 0 Å². The molecule has 126 valence electrons. The van der Waals surface area contributed by atoms with E-state index in [0.29, 0.717) is 16.9 Å². The molecule has 1 aromatic heterocycles. The largest absolute Gasteiger partial charge is 0.322 e. The van der Waals surface area contributed by atoms with Crippen LogP contribution in [0, 0.1) is 0 Å². The van der Waals surface area contributed by atoms with Gasteiger partial charge >= 0.3 is 0 Å². The predicted molar refractivity (Wildman–Crippen MR) is 102 cm³/mol. The summed E-state index contributed by atoms with van der Waals surface area (Å²) in [5.41, 5.74) is 1.07. The molecule has 3 aromatic rings. The molecule has 0 unspecified atom stereocenters. The predicted octanol–water partition coefficient (Wildman–Crippen LogP) is 4.55. The maximum Gasteiger partial charge on any atom is 0.291 e. The van der Waals surface area contributed by atoms with E-state index < -0.39 is 5.56 Å². The quantitative estimate of drug-likeness (QED) is 0.652. The second-order valence-corrected chi connectivity index (χ2v) is 6.73. The number of hydrogen-bond acceptors (Lipinski definition) is 3. The molecular weight excluding hydrogens is 429 g/mol. The fraction of sp³-hybridized carbons (Fsp3) is 0. The third-order valence-corrected chi connectivity index (χ3v) is 4.63. The molecule has 8 heteroatoms. The van der Waals surface area contributed by atoms with E-state index in [9.17, 15) is 9.59 Å². The molecule has 0 saturated heterocycles. The average Bonchev–Trinajstić information content (AvgIpc) is 2.62. The van der Waals surface area contributed by atoms with Gasteiger partial charge in [-0.05, 0) is 48.5 Å². The molecule has 1 amide bonds. The number of hydrogen-bond donors (Lipinski definition) is 1. The van der Waals surface area contributed by atoms with Crippen molar-refractivity contribution in [1.29, 1.82) is 0 Å². The Bertz CT molecular complexity index is 986. The van der Waals surface area contributed by atoms with Crippen LogP contribution < -0.4 is 10.9 Å². The normalized spacial score (nSPS) is 10.5. The Balaban J connectivity index is 1.82. The highest BCUT2D eigenvalue weighted by Crippen LogP contribution is 2.17. The average molecular weight is 439 g/mol. The molecule has 0 radical (unpaired) electrons. The van der Waals surface area contributed by atoms with E-state index in [0.717, 1.165) is 9.15 Å². The van der Waals surface area contributed by atoms with Crippen LogP contribution in [0.2, 0.25) is 10.0 Å². The second kappa shape index (κ2) is 7.39. The van der Waals surface area contributed by atoms with Gasteiger partial charge in [0.1, 0.15) is 5.02 Å². The SMILES string of the molecule is O=C(Nc1ccc(Br)cc1)c1ccc(-n2ncc(Cl)c(Cl)c2=O)cc1. The van der Waals surface area contributed by atoms with Gasteiger partial charge in [0, 0.05) is 15.7 Å². The van der Waals surface area contributed by atoms with Crippen molar-refractivity contribution in [2.45, 2.75) is 0 Å². The van der Waals surface area contributed by atoms with Crippen LogP contribution >= 0.6 is 39.1 Å². The first-order valence-electron chi connectivity index (χ1n) is 7.06. The Morgan fingerprint density at radius 2 is 1.68 bits per heavy atom. The summed E-state index contributed by atoms with van der Waals surface area (Å²) >= 11 is 14.9. The molecule has 0 spiro atoms. The van der Waals surface area contributed by atoms with E-state index in [1.807, 2.05) is 12.1 Å². The number of halogens is 3. The molecule has 1 N–H and O–H groups in total. The number of rotatable bonds is 3. The van der Waals surface area contributed by atoms with Crippen LogP contribution in [-0.2, 0) is 0 Å². The topological polar surface area (TPSA) is 64.0 Å². The Morgan fingerprint density at radius 3 is 2.32 bits per heavy atom. The van der Waals surface area contributed by atoms with Gasteiger partial charge in [0.2, 0.25) is 0 Å². The van der Waals surface area contributed by atoms with Gasteiger partial charge in [-0.2, -0.15) is 9.78 Å². The molecule has 2 aromatic carbocycles. The lowest BCUT2D eigenvalue weighted by molar-refractivity contribution is 0.102. The lowest BCUT2D eigenvalue weighted by atomic mass is 10.2. The monoisotopic (exact) mass is 437 g/mol. The summed E-state index contributed by atoms with van der Waals surface area (Å²) in [6, 6.07) is 13.7. The van der Waals surface area contributed by atoms with E-state index in [-0.39, 0.29) is 16.0 Å². The molecule has 0 aliphatic carbocycles. The molecule has 0 aliphatic heterocycles. The van der Waals surface area contributed by atoms with Crippen LogP contribution in [0.25, 0.3) is 5.69 Å². The highest BCUT2D eigenvalue weighted by atomic mass is 79.9. The van der Waals surface area contributed by atoms with Crippen molar-refractivity contribution in [3.63, 3.8) is 0 Å². The van der Waals surface area contributed by atoms with E-state index in [4.69, 9.17) is 23.2 Å². The summed E-state index contributed by atoms with van der Waals surface area (Å²) in [5.74, 6) is -0.261. The van der Waals surface area contributed by atoms with Crippen molar-refractivity contribution in [1.82, 2.24) is 9.78 Å². The van der Waals surface area contributed by atoms with E-state index in [1.54, 1.807) is 36.4 Å². The van der Waals surface area contributed by atoms with Gasteiger partial charge in [-0.1, -0.05) is 39.1 Å². The molecule has 1 heterocycles. The summed E-state index contributed by atoms with van der Waals surface area (Å²) in [4.78, 5) is 24.3. The number of aromatic nitrogens is 2. The highest BCUT2D eigenvalue weighted by molar-refractivity contribution is 9.10. The van der Waals surface area contributed by atoms with Crippen LogP contribution in [0.3, 0.4) is 0 Å². The molecular formula is C17H10BrCl2N3O2. The standard InChI is InChI=1S/C17H10BrCl2N3O2/c18-11-3-5-12(6-4-11)22-16(24)10-1-7-13(8-2-10)23-17(25)15(20)14(19)9-21-23/h1-9H,(H,22,24). The third kappa shape index (κ3) is 3.92. The van der Waals surface area contributed by atoms with Crippen molar-refractivity contribution in [3.05, 3.63) is 85.2 Å². The number of nitrogens with zero attached hydrogens (tertiary/aromatic N) is 2. The van der Waals surface area contributed by atoms with Gasteiger partial charge in [-0.15, -0.1) is 0 Å². The van der Waals surface area contributed by atoms with Crippen molar-refractivity contribution in [2.24, 2.45) is 0 Å². The number of anilines is 1. The minimum atomic E-state index is -0.527. The molecule has 0 saturated carbocycles. The molecule has 0 atom stereocenters. The van der Waals surface area contributed by atoms with Gasteiger partial charge in [0.25, 0.3) is 11.5 Å². The molecule has 0 bridgehead atoms. The highest BCUT2D eigenvalue weighted by Gasteiger charge is 2.11. The van der Waals surface area contributed by atoms with Crippen molar-refractivity contribution >= 4 is 50.7 Å². The lowest BCUT2D eigenvalue weighted by Crippen LogP contribution is -2.21. The fourth-order valence-corrected chi connectivity index (χ4v) is 2.60. The Labute approximate surface area is 161 Å². The van der Waals surface area contributed by atoms with Crippen LogP contribution in [-0.4, -0.2) is 15.7 Å². The van der Waals surface area contributed by atoms with E-state index >= 15 is 0 Å². The van der Waals surface area contributed by atoms with Crippen molar-refractivity contribution in [2.75, 3.05) is 5.32 Å². The smallest absolute Gasteiger partial charge is 0.291 e. The number of nitrogens with one attached hydrogen (secondary N) is 1. The molecule has 5 nitrogen and oxygen atoms in total. The summed E-state index contributed by atoms with van der Waals surface area (Å²) in [7, 11) is 0. The molecule has 25 heavy (non-hydrogen) atoms. The van der Waals surface area contributed by atoms with Gasteiger partial charge < -0.3 is 5.32 Å². The number of amides is 1. The molecule has 0 fully saturated rings. The zero-order valence-electron chi connectivity index (χ0n) is 12.5. The molecule has 0 aliphatic rings. The maximum absolute atomic E-state index is 12.3. The Kier molecular flexibility index (Phi) is 5.22. The first-order chi connectivity index (χ1) is 12.0. The number of carbonyl (C=O) groups is 1. The Hall–Kier alpha value is -2.15. The second-order valence-electron chi connectivity index (χ2n) is 5.03. The minimum absolute atomic E-state index is 0.0911. The van der Waals surface area contributed by atoms with Crippen molar-refractivity contribution < 1.29 is 4.79 Å². The van der Waals surface area contributed by atoms with Crippen LogP contribution in [0.1, 0.15) is 10.4 Å². The number of benzene rings is 2. The fourth-order valence-electron chi connectivity index (χ4n) is 2.09. The maximum atomic E-state index is 12.3. The summed E-state index contributed by atoms with van der Waals surface area (Å²) in [6.45, 7) is 0. The minimum Gasteiger partial charge on any atom is -0.322 e. The van der Waals surface area contributed by atoms with Crippen LogP contribution in [0.4, 0.5) is 5.69 Å². The zero-order chi connectivity index (χ0) is 18.0. The first-order valence-corrected chi connectivity index (χ1v) is 8.61. The van der Waals surface area contributed by atoms with Gasteiger partial charge in [0.05, 0.1) is 16.9 Å². The summed E-state index contributed by atoms with van der Waals surface area (Å²) in [5, 5.41) is 6.72. The summed E-state index contributed by atoms with van der Waals surface area (Å²) in [6.07, 6.45) is 1.29. The van der Waals surface area contributed by atoms with Gasteiger partial charge in [-0.3, -0.25) is 9.59 Å². The van der Waals surface area contributed by atoms with E-state index in [1.165, 1.54) is 6.20 Å². The zero-order valence-corrected chi connectivity index (χ0v) is 15.6. The van der Waals surface area contributed by atoms with Crippen LogP contribution in [0.5, 0.6) is 0 Å². The summed E-state index contributed by atoms with van der Waals surface area (Å²) < 4.78 is 2.04. The van der Waals surface area contributed by atoms with Crippen molar-refractivity contribution in [3.8, 4) is 5.69 Å².